The third-order valence-corrected chi connectivity index (χ3v) is 3.21. The number of benzene rings is 1. The fourth-order valence-electron chi connectivity index (χ4n) is 2.21. The number of aromatic hydroxyl groups is 1. The van der Waals surface area contributed by atoms with E-state index in [1.54, 1.807) is 19.1 Å². The van der Waals surface area contributed by atoms with Crippen LogP contribution in [0.3, 0.4) is 0 Å². The zero-order chi connectivity index (χ0) is 15.6. The Kier molecular flexibility index (Phi) is 4.02. The monoisotopic (exact) mass is 292 g/mol. The molecule has 0 aliphatic carbocycles. The average molecular weight is 292 g/mol. The SMILES string of the molecule is COC(=O)C1=C(C)NC(=O)NC1c1ccc(OC)c(O)c1. The van der Waals surface area contributed by atoms with Crippen molar-refractivity contribution < 1.29 is 24.2 Å². The standard InChI is InChI=1S/C14H16N2O5/c1-7-11(13(18)21-3)12(16-14(19)15-7)8-4-5-10(20-2)9(17)6-8/h4-6,12,17H,1-3H3,(H2,15,16,19). The molecule has 2 rings (SSSR count). The number of urea groups is 1. The first kappa shape index (κ1) is 14.7. The number of phenols is 1. The fourth-order valence-corrected chi connectivity index (χ4v) is 2.21. The van der Waals surface area contributed by atoms with Gasteiger partial charge in [-0.2, -0.15) is 0 Å². The molecular formula is C14H16N2O5. The van der Waals surface area contributed by atoms with E-state index < -0.39 is 18.0 Å². The normalized spacial score (nSPS) is 17.9. The minimum absolute atomic E-state index is 0.0790. The van der Waals surface area contributed by atoms with Gasteiger partial charge in [0.05, 0.1) is 25.8 Å². The van der Waals surface area contributed by atoms with E-state index in [4.69, 9.17) is 9.47 Å². The summed E-state index contributed by atoms with van der Waals surface area (Å²) < 4.78 is 9.72. The topological polar surface area (TPSA) is 96.9 Å². The average Bonchev–Trinajstić information content (AvgIpc) is 2.45. The number of allylic oxidation sites excluding steroid dienone is 1. The van der Waals surface area contributed by atoms with Crippen molar-refractivity contribution >= 4 is 12.0 Å². The molecule has 1 heterocycles. The summed E-state index contributed by atoms with van der Waals surface area (Å²) in [7, 11) is 2.70. The summed E-state index contributed by atoms with van der Waals surface area (Å²) in [6.45, 7) is 1.61. The quantitative estimate of drug-likeness (QED) is 0.727. The highest BCUT2D eigenvalue weighted by molar-refractivity contribution is 5.94. The third-order valence-electron chi connectivity index (χ3n) is 3.21. The zero-order valence-electron chi connectivity index (χ0n) is 11.9. The van der Waals surface area contributed by atoms with Crippen molar-refractivity contribution in [3.05, 3.63) is 35.0 Å². The number of hydrogen-bond donors (Lipinski definition) is 3. The molecule has 0 saturated carbocycles. The van der Waals surface area contributed by atoms with Gasteiger partial charge in [-0.1, -0.05) is 6.07 Å². The number of carbonyl (C=O) groups excluding carboxylic acids is 2. The second-order valence-corrected chi connectivity index (χ2v) is 4.49. The summed E-state index contributed by atoms with van der Waals surface area (Å²) in [5, 5.41) is 15.0. The molecule has 112 valence electrons. The van der Waals surface area contributed by atoms with E-state index in [9.17, 15) is 14.7 Å². The Hall–Kier alpha value is -2.70. The van der Waals surface area contributed by atoms with Crippen LogP contribution >= 0.6 is 0 Å². The van der Waals surface area contributed by atoms with Gasteiger partial charge in [-0.25, -0.2) is 9.59 Å². The van der Waals surface area contributed by atoms with Crippen LogP contribution in [0.2, 0.25) is 0 Å². The van der Waals surface area contributed by atoms with Gasteiger partial charge in [0.25, 0.3) is 0 Å². The number of esters is 1. The van der Waals surface area contributed by atoms with Crippen LogP contribution < -0.4 is 15.4 Å². The Balaban J connectivity index is 2.48. The van der Waals surface area contributed by atoms with Crippen molar-refractivity contribution in [2.75, 3.05) is 14.2 Å². The zero-order valence-corrected chi connectivity index (χ0v) is 11.9. The maximum Gasteiger partial charge on any atom is 0.337 e. The van der Waals surface area contributed by atoms with E-state index in [-0.39, 0.29) is 11.3 Å². The number of methoxy groups -OCH3 is 2. The van der Waals surface area contributed by atoms with Gasteiger partial charge in [0.2, 0.25) is 0 Å². The predicted octanol–water partition coefficient (Wildman–Crippen LogP) is 1.20. The van der Waals surface area contributed by atoms with Gasteiger partial charge >= 0.3 is 12.0 Å². The van der Waals surface area contributed by atoms with Gasteiger partial charge in [0, 0.05) is 5.70 Å². The molecule has 1 aliphatic rings. The number of nitrogens with one attached hydrogen (secondary N) is 2. The van der Waals surface area contributed by atoms with Crippen molar-refractivity contribution in [1.82, 2.24) is 10.6 Å². The molecule has 3 N–H and O–H groups in total. The van der Waals surface area contributed by atoms with Gasteiger partial charge in [0.1, 0.15) is 0 Å². The molecule has 7 heteroatoms. The van der Waals surface area contributed by atoms with Crippen molar-refractivity contribution in [3.63, 3.8) is 0 Å². The van der Waals surface area contributed by atoms with Crippen LogP contribution in [0.1, 0.15) is 18.5 Å². The molecule has 0 fully saturated rings. The molecule has 0 bridgehead atoms. The maximum atomic E-state index is 11.9. The second kappa shape index (κ2) is 5.74. The lowest BCUT2D eigenvalue weighted by Crippen LogP contribution is -2.45. The summed E-state index contributed by atoms with van der Waals surface area (Å²) in [6, 6.07) is 3.52. The highest BCUT2D eigenvalue weighted by Gasteiger charge is 2.32. The number of hydrogen-bond acceptors (Lipinski definition) is 5. The van der Waals surface area contributed by atoms with Crippen molar-refractivity contribution in [2.24, 2.45) is 0 Å². The number of amides is 2. The molecule has 2 amide bonds. The summed E-state index contributed by atoms with van der Waals surface area (Å²) >= 11 is 0. The first-order valence-electron chi connectivity index (χ1n) is 6.21. The summed E-state index contributed by atoms with van der Waals surface area (Å²) in [6.07, 6.45) is 0. The molecule has 21 heavy (non-hydrogen) atoms. The van der Waals surface area contributed by atoms with Crippen LogP contribution in [0.15, 0.2) is 29.5 Å². The van der Waals surface area contributed by atoms with E-state index >= 15 is 0 Å². The first-order valence-corrected chi connectivity index (χ1v) is 6.21. The number of carbonyl (C=O) groups is 2. The summed E-state index contributed by atoms with van der Waals surface area (Å²) in [5.74, 6) is -0.329. The smallest absolute Gasteiger partial charge is 0.337 e. The lowest BCUT2D eigenvalue weighted by atomic mass is 9.95. The first-order chi connectivity index (χ1) is 9.97. The van der Waals surface area contributed by atoms with E-state index in [0.29, 0.717) is 17.0 Å². The molecule has 0 radical (unpaired) electrons. The van der Waals surface area contributed by atoms with E-state index in [0.717, 1.165) is 0 Å². The van der Waals surface area contributed by atoms with Gasteiger partial charge < -0.3 is 25.2 Å². The van der Waals surface area contributed by atoms with Crippen molar-refractivity contribution in [1.29, 1.82) is 0 Å². The van der Waals surface area contributed by atoms with Gasteiger partial charge in [-0.05, 0) is 24.6 Å². The lowest BCUT2D eigenvalue weighted by molar-refractivity contribution is -0.136. The Morgan fingerprint density at radius 2 is 2.05 bits per heavy atom. The van der Waals surface area contributed by atoms with Crippen molar-refractivity contribution in [3.8, 4) is 11.5 Å². The molecule has 0 aromatic heterocycles. The number of phenolic OH excluding ortho intramolecular Hbond substituents is 1. The minimum Gasteiger partial charge on any atom is -0.504 e. The predicted molar refractivity (Wildman–Crippen MR) is 73.8 cm³/mol. The van der Waals surface area contributed by atoms with Crippen LogP contribution in [0.5, 0.6) is 11.5 Å². The molecule has 7 nitrogen and oxygen atoms in total. The molecule has 1 aromatic carbocycles. The van der Waals surface area contributed by atoms with Crippen LogP contribution in [-0.4, -0.2) is 31.3 Å². The van der Waals surface area contributed by atoms with E-state index in [1.807, 2.05) is 0 Å². The van der Waals surface area contributed by atoms with Crippen LogP contribution in [-0.2, 0) is 9.53 Å². The Morgan fingerprint density at radius 1 is 1.33 bits per heavy atom. The summed E-state index contributed by atoms with van der Waals surface area (Å²) in [5.41, 5.74) is 1.23. The number of ether oxygens (including phenoxy) is 2. The van der Waals surface area contributed by atoms with E-state index in [2.05, 4.69) is 10.6 Å². The highest BCUT2D eigenvalue weighted by atomic mass is 16.5. The maximum absolute atomic E-state index is 11.9. The second-order valence-electron chi connectivity index (χ2n) is 4.49. The fraction of sp³-hybridized carbons (Fsp3) is 0.286. The van der Waals surface area contributed by atoms with Crippen LogP contribution in [0, 0.1) is 0 Å². The Bertz CT molecular complexity index is 624. The molecular weight excluding hydrogens is 276 g/mol. The third kappa shape index (κ3) is 2.76. The molecule has 1 aliphatic heterocycles. The van der Waals surface area contributed by atoms with Gasteiger partial charge in [0.15, 0.2) is 11.5 Å². The Morgan fingerprint density at radius 3 is 2.62 bits per heavy atom. The Labute approximate surface area is 121 Å². The molecule has 1 atom stereocenters. The van der Waals surface area contributed by atoms with Crippen LogP contribution in [0.25, 0.3) is 0 Å². The summed E-state index contributed by atoms with van der Waals surface area (Å²) in [4.78, 5) is 23.5. The molecule has 0 spiro atoms. The van der Waals surface area contributed by atoms with Crippen LogP contribution in [0.4, 0.5) is 4.79 Å². The lowest BCUT2D eigenvalue weighted by Gasteiger charge is -2.28. The highest BCUT2D eigenvalue weighted by Crippen LogP contribution is 2.33. The molecule has 1 unspecified atom stereocenters. The number of rotatable bonds is 3. The minimum atomic E-state index is -0.706. The van der Waals surface area contributed by atoms with E-state index in [1.165, 1.54) is 20.3 Å². The molecule has 1 aromatic rings. The van der Waals surface area contributed by atoms with Gasteiger partial charge in [-0.15, -0.1) is 0 Å². The molecule has 0 saturated heterocycles. The van der Waals surface area contributed by atoms with Crippen molar-refractivity contribution in [2.45, 2.75) is 13.0 Å². The largest absolute Gasteiger partial charge is 0.504 e. The van der Waals surface area contributed by atoms with Gasteiger partial charge in [-0.3, -0.25) is 0 Å².